The molecule has 2 fully saturated rings. The summed E-state index contributed by atoms with van der Waals surface area (Å²) >= 11 is 6.56. The zero-order valence-electron chi connectivity index (χ0n) is 19.3. The number of ether oxygens (including phenoxy) is 1. The van der Waals surface area contributed by atoms with Gasteiger partial charge in [-0.3, -0.25) is 9.78 Å². The molecule has 1 aromatic heterocycles. The van der Waals surface area contributed by atoms with Gasteiger partial charge in [0, 0.05) is 28.0 Å². The lowest BCUT2D eigenvalue weighted by Crippen LogP contribution is -2.61. The first-order chi connectivity index (χ1) is 16.4. The predicted octanol–water partition coefficient (Wildman–Crippen LogP) is 5.93. The molecule has 1 aliphatic carbocycles. The standard InChI is InChI=1S/C27H28ClN3O3/c1-16(2)15-34-19-8-10-23(28)22(12-19)17-7-9-21-24(11-17)30-27(33)31(26(21)32)25-14-29-13-18-5-3-4-6-20(18)25/h3-6,8,10,12-14,16-17,21,24H,7,9,11,15H2,1-2H3,(H,30,33). The molecule has 1 aliphatic heterocycles. The maximum atomic E-state index is 13.5. The van der Waals surface area contributed by atoms with Gasteiger partial charge in [-0.25, -0.2) is 9.69 Å². The van der Waals surface area contributed by atoms with Gasteiger partial charge in [-0.1, -0.05) is 49.7 Å². The Balaban J connectivity index is 1.37. The van der Waals surface area contributed by atoms with Crippen molar-refractivity contribution < 1.29 is 14.3 Å². The summed E-state index contributed by atoms with van der Waals surface area (Å²) < 4.78 is 5.90. The third-order valence-electron chi connectivity index (χ3n) is 6.78. The Morgan fingerprint density at radius 1 is 1.15 bits per heavy atom. The number of benzene rings is 2. The topological polar surface area (TPSA) is 71.5 Å². The highest BCUT2D eigenvalue weighted by atomic mass is 35.5. The van der Waals surface area contributed by atoms with E-state index in [0.717, 1.165) is 28.5 Å². The normalized spacial score (nSPS) is 22.6. The van der Waals surface area contributed by atoms with Crippen molar-refractivity contribution >= 4 is 40.0 Å². The molecule has 1 saturated heterocycles. The molecule has 3 amide bonds. The minimum Gasteiger partial charge on any atom is -0.493 e. The van der Waals surface area contributed by atoms with Gasteiger partial charge in [0.2, 0.25) is 5.91 Å². The van der Waals surface area contributed by atoms with Crippen molar-refractivity contribution in [1.82, 2.24) is 10.3 Å². The lowest BCUT2D eigenvalue weighted by Gasteiger charge is -2.42. The zero-order valence-corrected chi connectivity index (χ0v) is 20.1. The van der Waals surface area contributed by atoms with Gasteiger partial charge in [-0.15, -0.1) is 0 Å². The zero-order chi connectivity index (χ0) is 23.8. The molecule has 0 bridgehead atoms. The molecule has 0 spiro atoms. The number of rotatable bonds is 5. The third kappa shape index (κ3) is 4.23. The van der Waals surface area contributed by atoms with Crippen molar-refractivity contribution in [1.29, 1.82) is 0 Å². The van der Waals surface area contributed by atoms with Crippen molar-refractivity contribution in [2.45, 2.75) is 45.1 Å². The summed E-state index contributed by atoms with van der Waals surface area (Å²) in [6, 6.07) is 12.8. The molecule has 176 valence electrons. The Kier molecular flexibility index (Phi) is 6.17. The van der Waals surface area contributed by atoms with Crippen LogP contribution >= 0.6 is 11.6 Å². The number of aromatic nitrogens is 1. The number of anilines is 1. The van der Waals surface area contributed by atoms with E-state index in [9.17, 15) is 9.59 Å². The SMILES string of the molecule is CC(C)COc1ccc(Cl)c(C2CCC3C(=O)N(c4cncc5ccccc45)C(=O)NC3C2)c1. The van der Waals surface area contributed by atoms with Gasteiger partial charge >= 0.3 is 6.03 Å². The molecule has 5 rings (SSSR count). The second-order valence-corrected chi connectivity index (χ2v) is 10.0. The second kappa shape index (κ2) is 9.26. The van der Waals surface area contributed by atoms with Crippen molar-refractivity contribution in [2.75, 3.05) is 11.5 Å². The molecule has 34 heavy (non-hydrogen) atoms. The Hall–Kier alpha value is -3.12. The van der Waals surface area contributed by atoms with E-state index in [4.69, 9.17) is 16.3 Å². The molecule has 0 radical (unpaired) electrons. The van der Waals surface area contributed by atoms with E-state index in [2.05, 4.69) is 24.1 Å². The van der Waals surface area contributed by atoms with E-state index in [-0.39, 0.29) is 23.8 Å². The van der Waals surface area contributed by atoms with Crippen LogP contribution in [0.2, 0.25) is 5.02 Å². The van der Waals surface area contributed by atoms with Crippen LogP contribution in [-0.4, -0.2) is 29.6 Å². The molecule has 3 unspecified atom stereocenters. The smallest absolute Gasteiger partial charge is 0.329 e. The van der Waals surface area contributed by atoms with E-state index in [0.29, 0.717) is 36.1 Å². The summed E-state index contributed by atoms with van der Waals surface area (Å²) in [5.74, 6) is 0.944. The maximum absolute atomic E-state index is 13.5. The van der Waals surface area contributed by atoms with Crippen LogP contribution in [0.3, 0.4) is 0 Å². The average molecular weight is 478 g/mol. The first kappa shape index (κ1) is 22.7. The van der Waals surface area contributed by atoms with Crippen LogP contribution in [-0.2, 0) is 4.79 Å². The predicted molar refractivity (Wildman–Crippen MR) is 133 cm³/mol. The molecular formula is C27H28ClN3O3. The maximum Gasteiger partial charge on any atom is 0.329 e. The number of hydrogen-bond acceptors (Lipinski definition) is 4. The third-order valence-corrected chi connectivity index (χ3v) is 7.12. The van der Waals surface area contributed by atoms with Crippen LogP contribution < -0.4 is 15.0 Å². The number of nitrogens with one attached hydrogen (secondary N) is 1. The molecule has 2 aliphatic rings. The number of carbonyl (C=O) groups is 2. The second-order valence-electron chi connectivity index (χ2n) is 9.61. The lowest BCUT2D eigenvalue weighted by atomic mass is 9.74. The monoisotopic (exact) mass is 477 g/mol. The van der Waals surface area contributed by atoms with E-state index in [1.54, 1.807) is 12.4 Å². The van der Waals surface area contributed by atoms with Gasteiger partial charge in [0.25, 0.3) is 0 Å². The molecule has 7 heteroatoms. The number of amides is 3. The molecule has 3 atom stereocenters. The molecule has 2 heterocycles. The number of fused-ring (bicyclic) bond motifs is 2. The molecule has 1 N–H and O–H groups in total. The molecule has 3 aromatic rings. The quantitative estimate of drug-likeness (QED) is 0.494. The fourth-order valence-corrected chi connectivity index (χ4v) is 5.36. The van der Waals surface area contributed by atoms with Gasteiger partial charge in [-0.05, 0) is 54.9 Å². The summed E-state index contributed by atoms with van der Waals surface area (Å²) in [5.41, 5.74) is 1.54. The molecular weight excluding hydrogens is 450 g/mol. The first-order valence-electron chi connectivity index (χ1n) is 11.8. The van der Waals surface area contributed by atoms with E-state index >= 15 is 0 Å². The minimum atomic E-state index is -0.398. The Labute approximate surface area is 204 Å². The molecule has 1 saturated carbocycles. The number of imide groups is 1. The first-order valence-corrected chi connectivity index (χ1v) is 12.2. The Bertz CT molecular complexity index is 1240. The number of pyridine rings is 1. The van der Waals surface area contributed by atoms with E-state index in [1.165, 1.54) is 4.90 Å². The average Bonchev–Trinajstić information content (AvgIpc) is 2.83. The van der Waals surface area contributed by atoms with E-state index in [1.807, 2.05) is 42.5 Å². The molecule has 2 aromatic carbocycles. The highest BCUT2D eigenvalue weighted by Gasteiger charge is 2.45. The van der Waals surface area contributed by atoms with Gasteiger partial charge in [-0.2, -0.15) is 0 Å². The summed E-state index contributed by atoms with van der Waals surface area (Å²) in [6.45, 7) is 4.86. The van der Waals surface area contributed by atoms with Gasteiger partial charge < -0.3 is 10.1 Å². The number of halogens is 1. The van der Waals surface area contributed by atoms with Crippen molar-refractivity contribution in [3.05, 3.63) is 65.4 Å². The number of hydrogen-bond donors (Lipinski definition) is 1. The number of carbonyl (C=O) groups excluding carboxylic acids is 2. The highest BCUT2D eigenvalue weighted by molar-refractivity contribution is 6.31. The molecule has 6 nitrogen and oxygen atoms in total. The van der Waals surface area contributed by atoms with Crippen LogP contribution in [0.25, 0.3) is 10.8 Å². The van der Waals surface area contributed by atoms with Crippen molar-refractivity contribution in [3.8, 4) is 5.75 Å². The van der Waals surface area contributed by atoms with Crippen LogP contribution in [0.1, 0.15) is 44.6 Å². The summed E-state index contributed by atoms with van der Waals surface area (Å²) in [5, 5.41) is 5.51. The largest absolute Gasteiger partial charge is 0.493 e. The van der Waals surface area contributed by atoms with Crippen molar-refractivity contribution in [3.63, 3.8) is 0 Å². The lowest BCUT2D eigenvalue weighted by molar-refractivity contribution is -0.124. The van der Waals surface area contributed by atoms with Crippen LogP contribution in [0.15, 0.2) is 54.9 Å². The minimum absolute atomic E-state index is 0.148. The van der Waals surface area contributed by atoms with Crippen molar-refractivity contribution in [2.24, 2.45) is 11.8 Å². The van der Waals surface area contributed by atoms with E-state index < -0.39 is 6.03 Å². The van der Waals surface area contributed by atoms with Gasteiger partial charge in [0.1, 0.15) is 5.75 Å². The van der Waals surface area contributed by atoms with Gasteiger partial charge in [0.05, 0.1) is 24.4 Å². The van der Waals surface area contributed by atoms with Crippen LogP contribution in [0.4, 0.5) is 10.5 Å². The highest BCUT2D eigenvalue weighted by Crippen LogP contribution is 2.42. The number of nitrogens with zero attached hydrogens (tertiary/aromatic N) is 2. The van der Waals surface area contributed by atoms with Gasteiger partial charge in [0.15, 0.2) is 0 Å². The summed E-state index contributed by atoms with van der Waals surface area (Å²) in [4.78, 5) is 32.2. The summed E-state index contributed by atoms with van der Waals surface area (Å²) in [7, 11) is 0. The van der Waals surface area contributed by atoms with Crippen LogP contribution in [0.5, 0.6) is 5.75 Å². The number of urea groups is 1. The summed E-state index contributed by atoms with van der Waals surface area (Å²) in [6.07, 6.45) is 5.49. The fourth-order valence-electron chi connectivity index (χ4n) is 5.09. The Morgan fingerprint density at radius 3 is 2.79 bits per heavy atom. The van der Waals surface area contributed by atoms with Crippen LogP contribution in [0, 0.1) is 11.8 Å². The Morgan fingerprint density at radius 2 is 1.97 bits per heavy atom. The fraction of sp³-hybridized carbons (Fsp3) is 0.370.